The molecule has 0 radical (unpaired) electrons. The van der Waals surface area contributed by atoms with Gasteiger partial charge in [-0.05, 0) is 19.1 Å². The van der Waals surface area contributed by atoms with Gasteiger partial charge in [0.2, 0.25) is 0 Å². The molecule has 0 aliphatic rings. The van der Waals surface area contributed by atoms with Crippen LogP contribution < -0.4 is 10.5 Å². The molecular formula is C13H18N2O2S. The Bertz CT molecular complexity index is 409. The summed E-state index contributed by atoms with van der Waals surface area (Å²) in [6, 6.07) is 9.22. The van der Waals surface area contributed by atoms with Gasteiger partial charge in [0.25, 0.3) is 5.91 Å². The zero-order chi connectivity index (χ0) is 13.5. The van der Waals surface area contributed by atoms with Crippen LogP contribution in [0.15, 0.2) is 30.3 Å². The molecule has 2 N–H and O–H groups in total. The highest BCUT2D eigenvalue weighted by molar-refractivity contribution is 7.80. The highest BCUT2D eigenvalue weighted by Crippen LogP contribution is 2.09. The zero-order valence-electron chi connectivity index (χ0n) is 10.6. The molecule has 98 valence electrons. The third kappa shape index (κ3) is 4.71. The Balaban J connectivity index is 2.43. The number of carbonyl (C=O) groups is 1. The van der Waals surface area contributed by atoms with Crippen LogP contribution in [-0.2, 0) is 4.79 Å². The topological polar surface area (TPSA) is 55.6 Å². The molecule has 1 atom stereocenters. The van der Waals surface area contributed by atoms with E-state index in [9.17, 15) is 4.79 Å². The lowest BCUT2D eigenvalue weighted by molar-refractivity contribution is -0.133. The number of amides is 1. The van der Waals surface area contributed by atoms with E-state index in [4.69, 9.17) is 22.7 Å². The van der Waals surface area contributed by atoms with Crippen LogP contribution in [0.1, 0.15) is 13.3 Å². The SMILES string of the molecule is CC(CC(N)=S)N(C)C(=O)COc1ccccc1. The summed E-state index contributed by atoms with van der Waals surface area (Å²) < 4.78 is 5.39. The van der Waals surface area contributed by atoms with E-state index in [0.29, 0.717) is 17.2 Å². The predicted octanol–water partition coefficient (Wildman–Crippen LogP) is 1.59. The van der Waals surface area contributed by atoms with Crippen LogP contribution in [0.5, 0.6) is 5.75 Å². The summed E-state index contributed by atoms with van der Waals surface area (Å²) >= 11 is 4.83. The molecule has 0 aliphatic heterocycles. The minimum absolute atomic E-state index is 0.0161. The first kappa shape index (κ1) is 14.4. The summed E-state index contributed by atoms with van der Waals surface area (Å²) in [7, 11) is 1.72. The molecule has 0 aromatic heterocycles. The summed E-state index contributed by atoms with van der Waals surface area (Å²) in [6.07, 6.45) is 0.517. The standard InChI is InChI=1S/C13H18N2O2S/c1-10(8-12(14)18)15(2)13(16)9-17-11-6-4-3-5-7-11/h3-7,10H,8-9H2,1-2H3,(H2,14,18). The fourth-order valence-corrected chi connectivity index (χ4v) is 1.68. The Labute approximate surface area is 113 Å². The lowest BCUT2D eigenvalue weighted by atomic mass is 10.2. The Morgan fingerprint density at radius 1 is 1.44 bits per heavy atom. The molecule has 1 unspecified atom stereocenters. The van der Waals surface area contributed by atoms with Crippen molar-refractivity contribution >= 4 is 23.1 Å². The highest BCUT2D eigenvalue weighted by atomic mass is 32.1. The van der Waals surface area contributed by atoms with Crippen LogP contribution in [0.2, 0.25) is 0 Å². The average Bonchev–Trinajstić information content (AvgIpc) is 2.35. The number of thiocarbonyl (C=S) groups is 1. The smallest absolute Gasteiger partial charge is 0.260 e. The summed E-state index contributed by atoms with van der Waals surface area (Å²) in [5.74, 6) is 0.587. The molecule has 0 fully saturated rings. The average molecular weight is 266 g/mol. The third-order valence-corrected chi connectivity index (χ3v) is 2.82. The molecule has 0 spiro atoms. The number of likely N-dealkylation sites (N-methyl/N-ethyl adjacent to an activating group) is 1. The quantitative estimate of drug-likeness (QED) is 0.794. The van der Waals surface area contributed by atoms with Crippen molar-refractivity contribution in [3.63, 3.8) is 0 Å². The third-order valence-electron chi connectivity index (χ3n) is 2.66. The number of hydrogen-bond donors (Lipinski definition) is 1. The van der Waals surface area contributed by atoms with Crippen molar-refractivity contribution in [1.82, 2.24) is 4.90 Å². The molecule has 0 saturated carbocycles. The van der Waals surface area contributed by atoms with Gasteiger partial charge in [0.1, 0.15) is 5.75 Å². The number of nitrogens with two attached hydrogens (primary N) is 1. The molecule has 5 heteroatoms. The number of hydrogen-bond acceptors (Lipinski definition) is 3. The Kier molecular flexibility index (Phi) is 5.58. The van der Waals surface area contributed by atoms with Crippen molar-refractivity contribution in [2.45, 2.75) is 19.4 Å². The lowest BCUT2D eigenvalue weighted by Crippen LogP contribution is -2.40. The van der Waals surface area contributed by atoms with Gasteiger partial charge in [-0.2, -0.15) is 0 Å². The van der Waals surface area contributed by atoms with Gasteiger partial charge in [0.15, 0.2) is 6.61 Å². The Morgan fingerprint density at radius 3 is 2.61 bits per heavy atom. The molecule has 0 aliphatic carbocycles. The molecule has 0 heterocycles. The Hall–Kier alpha value is -1.62. The first-order valence-corrected chi connectivity index (χ1v) is 6.13. The fraction of sp³-hybridized carbons (Fsp3) is 0.385. The second-order valence-electron chi connectivity index (χ2n) is 4.13. The first-order valence-electron chi connectivity index (χ1n) is 5.72. The molecule has 1 aromatic carbocycles. The van der Waals surface area contributed by atoms with Crippen LogP contribution in [0.3, 0.4) is 0 Å². The number of carbonyl (C=O) groups excluding carboxylic acids is 1. The van der Waals surface area contributed by atoms with Gasteiger partial charge in [0.05, 0.1) is 4.99 Å². The van der Waals surface area contributed by atoms with Gasteiger partial charge < -0.3 is 15.4 Å². The molecule has 0 bridgehead atoms. The first-order chi connectivity index (χ1) is 8.50. The zero-order valence-corrected chi connectivity index (χ0v) is 11.4. The van der Waals surface area contributed by atoms with Crippen LogP contribution >= 0.6 is 12.2 Å². The number of nitrogens with zero attached hydrogens (tertiary/aromatic N) is 1. The summed E-state index contributed by atoms with van der Waals surface area (Å²) in [5.41, 5.74) is 5.46. The molecule has 1 rings (SSSR count). The minimum Gasteiger partial charge on any atom is -0.484 e. The molecule has 4 nitrogen and oxygen atoms in total. The van der Waals surface area contributed by atoms with E-state index in [1.807, 2.05) is 37.3 Å². The molecule has 1 amide bonds. The Morgan fingerprint density at radius 2 is 2.06 bits per heavy atom. The van der Waals surface area contributed by atoms with E-state index in [1.165, 1.54) is 0 Å². The highest BCUT2D eigenvalue weighted by Gasteiger charge is 2.16. The second-order valence-corrected chi connectivity index (χ2v) is 4.65. The van der Waals surface area contributed by atoms with Crippen molar-refractivity contribution in [2.75, 3.05) is 13.7 Å². The van der Waals surface area contributed by atoms with Crippen molar-refractivity contribution < 1.29 is 9.53 Å². The molecule has 1 aromatic rings. The molecule has 18 heavy (non-hydrogen) atoms. The van der Waals surface area contributed by atoms with Crippen LogP contribution in [0, 0.1) is 0 Å². The van der Waals surface area contributed by atoms with Crippen LogP contribution in [0.4, 0.5) is 0 Å². The van der Waals surface area contributed by atoms with E-state index in [2.05, 4.69) is 0 Å². The molecular weight excluding hydrogens is 248 g/mol. The van der Waals surface area contributed by atoms with E-state index < -0.39 is 0 Å². The van der Waals surface area contributed by atoms with E-state index >= 15 is 0 Å². The number of benzene rings is 1. The summed E-state index contributed by atoms with van der Waals surface area (Å²) in [4.78, 5) is 13.9. The van der Waals surface area contributed by atoms with Crippen molar-refractivity contribution in [3.05, 3.63) is 30.3 Å². The van der Waals surface area contributed by atoms with E-state index in [0.717, 1.165) is 0 Å². The second kappa shape index (κ2) is 6.96. The van der Waals surface area contributed by atoms with Crippen molar-refractivity contribution in [3.8, 4) is 5.75 Å². The van der Waals surface area contributed by atoms with Gasteiger partial charge in [0, 0.05) is 19.5 Å². The maximum absolute atomic E-state index is 11.9. The maximum atomic E-state index is 11.9. The lowest BCUT2D eigenvalue weighted by Gasteiger charge is -2.24. The molecule has 0 saturated heterocycles. The van der Waals surface area contributed by atoms with Gasteiger partial charge in [-0.15, -0.1) is 0 Å². The van der Waals surface area contributed by atoms with E-state index in [-0.39, 0.29) is 18.6 Å². The van der Waals surface area contributed by atoms with Crippen LogP contribution in [0.25, 0.3) is 0 Å². The number of rotatable bonds is 6. The number of ether oxygens (including phenoxy) is 1. The number of para-hydroxylation sites is 1. The largest absolute Gasteiger partial charge is 0.484 e. The normalized spacial score (nSPS) is 11.7. The minimum atomic E-state index is -0.0948. The van der Waals surface area contributed by atoms with Gasteiger partial charge in [-0.1, -0.05) is 30.4 Å². The summed E-state index contributed by atoms with van der Waals surface area (Å²) in [5, 5.41) is 0. The van der Waals surface area contributed by atoms with Gasteiger partial charge in [-0.25, -0.2) is 0 Å². The van der Waals surface area contributed by atoms with Crippen molar-refractivity contribution in [2.24, 2.45) is 5.73 Å². The maximum Gasteiger partial charge on any atom is 0.260 e. The summed E-state index contributed by atoms with van der Waals surface area (Å²) in [6.45, 7) is 1.92. The van der Waals surface area contributed by atoms with E-state index in [1.54, 1.807) is 11.9 Å². The van der Waals surface area contributed by atoms with Gasteiger partial charge in [-0.3, -0.25) is 4.79 Å². The predicted molar refractivity (Wildman–Crippen MR) is 75.6 cm³/mol. The van der Waals surface area contributed by atoms with Crippen LogP contribution in [-0.4, -0.2) is 35.5 Å². The fourth-order valence-electron chi connectivity index (χ4n) is 1.44. The monoisotopic (exact) mass is 266 g/mol. The van der Waals surface area contributed by atoms with Gasteiger partial charge >= 0.3 is 0 Å². The van der Waals surface area contributed by atoms with Crippen molar-refractivity contribution in [1.29, 1.82) is 0 Å².